The van der Waals surface area contributed by atoms with E-state index in [4.69, 9.17) is 0 Å². The van der Waals surface area contributed by atoms with Gasteiger partial charge in [0.25, 0.3) is 0 Å². The van der Waals surface area contributed by atoms with Crippen LogP contribution in [0.1, 0.15) is 6.92 Å². The monoisotopic (exact) mass is 194 g/mol. The van der Waals surface area contributed by atoms with Crippen LogP contribution in [0.3, 0.4) is 0 Å². The van der Waals surface area contributed by atoms with Crippen molar-refractivity contribution in [2.75, 3.05) is 0 Å². The summed E-state index contributed by atoms with van der Waals surface area (Å²) in [6.45, 7) is 4.65. The van der Waals surface area contributed by atoms with Crippen molar-refractivity contribution in [2.45, 2.75) is 13.2 Å². The van der Waals surface area contributed by atoms with Crippen LogP contribution in [0, 0.1) is 0 Å². The summed E-state index contributed by atoms with van der Waals surface area (Å²) in [4.78, 5) is 10.2. The smallest absolute Gasteiger partial charge is 0.305 e. The minimum atomic E-state index is -0.692. The molecule has 0 saturated carbocycles. The Morgan fingerprint density at radius 1 is 1.89 bits per heavy atom. The molecular weight excluding hydrogens is 188 g/mol. The SMILES string of the molecule is C=CC(OBr)OC(C)=O. The summed E-state index contributed by atoms with van der Waals surface area (Å²) in [5.74, 6) is -0.403. The fourth-order valence-electron chi connectivity index (χ4n) is 0.266. The van der Waals surface area contributed by atoms with E-state index >= 15 is 0 Å². The second kappa shape index (κ2) is 4.52. The fourth-order valence-corrected chi connectivity index (χ4v) is 0.495. The van der Waals surface area contributed by atoms with Gasteiger partial charge in [0.2, 0.25) is 6.29 Å². The van der Waals surface area contributed by atoms with Gasteiger partial charge in [-0.25, -0.2) is 0 Å². The molecule has 0 amide bonds. The maximum absolute atomic E-state index is 10.2. The van der Waals surface area contributed by atoms with Gasteiger partial charge in [-0.3, -0.25) is 8.62 Å². The van der Waals surface area contributed by atoms with Gasteiger partial charge in [0.15, 0.2) is 0 Å². The van der Waals surface area contributed by atoms with Crippen molar-refractivity contribution in [3.05, 3.63) is 12.7 Å². The van der Waals surface area contributed by atoms with Gasteiger partial charge in [-0.05, 0) is 6.08 Å². The van der Waals surface area contributed by atoms with Crippen molar-refractivity contribution in [1.29, 1.82) is 0 Å². The zero-order valence-electron chi connectivity index (χ0n) is 4.96. The van der Waals surface area contributed by atoms with Crippen LogP contribution < -0.4 is 0 Å². The van der Waals surface area contributed by atoms with E-state index in [1.807, 2.05) is 0 Å². The number of carbonyl (C=O) groups is 1. The molecule has 1 atom stereocenters. The highest BCUT2D eigenvalue weighted by Crippen LogP contribution is 2.00. The Bertz CT molecular complexity index is 113. The first kappa shape index (κ1) is 8.65. The van der Waals surface area contributed by atoms with Gasteiger partial charge >= 0.3 is 5.97 Å². The Morgan fingerprint density at radius 3 is 2.56 bits per heavy atom. The van der Waals surface area contributed by atoms with Gasteiger partial charge in [0.1, 0.15) is 16.3 Å². The molecule has 0 fully saturated rings. The Kier molecular flexibility index (Phi) is 4.35. The van der Waals surface area contributed by atoms with E-state index in [-0.39, 0.29) is 0 Å². The van der Waals surface area contributed by atoms with Crippen molar-refractivity contribution in [3.63, 3.8) is 0 Å². The molecule has 9 heavy (non-hydrogen) atoms. The first-order valence-corrected chi connectivity index (χ1v) is 2.92. The van der Waals surface area contributed by atoms with E-state index in [0.29, 0.717) is 0 Å². The van der Waals surface area contributed by atoms with E-state index in [1.165, 1.54) is 13.0 Å². The van der Waals surface area contributed by atoms with Gasteiger partial charge in [-0.2, -0.15) is 0 Å². The number of ether oxygens (including phenoxy) is 1. The van der Waals surface area contributed by atoms with Crippen molar-refractivity contribution in [3.8, 4) is 0 Å². The van der Waals surface area contributed by atoms with E-state index in [9.17, 15) is 4.79 Å². The molecule has 0 spiro atoms. The molecule has 1 unspecified atom stereocenters. The highest BCUT2D eigenvalue weighted by atomic mass is 79.9. The highest BCUT2D eigenvalue weighted by Gasteiger charge is 2.03. The lowest BCUT2D eigenvalue weighted by molar-refractivity contribution is -0.153. The zero-order chi connectivity index (χ0) is 7.28. The lowest BCUT2D eigenvalue weighted by Crippen LogP contribution is -2.12. The van der Waals surface area contributed by atoms with Gasteiger partial charge in [0.05, 0.1) is 0 Å². The number of hydrogen-bond acceptors (Lipinski definition) is 3. The molecule has 3 nitrogen and oxygen atoms in total. The summed E-state index contributed by atoms with van der Waals surface area (Å²) in [7, 11) is 0. The number of carbonyl (C=O) groups excluding carboxylic acids is 1. The van der Waals surface area contributed by atoms with Crippen LogP contribution >= 0.6 is 16.3 Å². The molecule has 0 aromatic rings. The zero-order valence-corrected chi connectivity index (χ0v) is 6.55. The lowest BCUT2D eigenvalue weighted by atomic mass is 10.6. The van der Waals surface area contributed by atoms with Crippen LogP contribution in [0.15, 0.2) is 12.7 Å². The van der Waals surface area contributed by atoms with Gasteiger partial charge in [-0.1, -0.05) is 6.58 Å². The largest absolute Gasteiger partial charge is 0.431 e. The van der Waals surface area contributed by atoms with Gasteiger partial charge < -0.3 is 4.74 Å². The fraction of sp³-hybridized carbons (Fsp3) is 0.400. The van der Waals surface area contributed by atoms with E-state index < -0.39 is 12.3 Å². The molecule has 52 valence electrons. The molecule has 0 heterocycles. The molecule has 0 saturated heterocycles. The van der Waals surface area contributed by atoms with Crippen LogP contribution in [0.4, 0.5) is 0 Å². The van der Waals surface area contributed by atoms with E-state index in [1.54, 1.807) is 0 Å². The molecular formula is C5H7BrO3. The van der Waals surface area contributed by atoms with Crippen molar-refractivity contribution < 1.29 is 13.4 Å². The molecule has 0 radical (unpaired) electrons. The van der Waals surface area contributed by atoms with Crippen LogP contribution in [0.2, 0.25) is 0 Å². The first-order valence-electron chi connectivity index (χ1n) is 2.28. The number of hydrogen-bond donors (Lipinski definition) is 0. The molecule has 0 aromatic carbocycles. The van der Waals surface area contributed by atoms with E-state index in [0.717, 1.165) is 0 Å². The molecule has 0 aliphatic carbocycles. The van der Waals surface area contributed by atoms with Crippen molar-refractivity contribution in [1.82, 2.24) is 0 Å². The molecule has 0 aliphatic heterocycles. The predicted molar refractivity (Wildman–Crippen MR) is 35.8 cm³/mol. The van der Waals surface area contributed by atoms with Crippen molar-refractivity contribution in [2.24, 2.45) is 0 Å². The van der Waals surface area contributed by atoms with Crippen LogP contribution in [0.25, 0.3) is 0 Å². The maximum Gasteiger partial charge on any atom is 0.305 e. The summed E-state index contributed by atoms with van der Waals surface area (Å²) in [6.07, 6.45) is 0.665. The molecule has 0 aromatic heterocycles. The third kappa shape index (κ3) is 4.17. The maximum atomic E-state index is 10.2. The second-order valence-corrected chi connectivity index (χ2v) is 1.68. The van der Waals surface area contributed by atoms with Crippen LogP contribution in [0.5, 0.6) is 0 Å². The van der Waals surface area contributed by atoms with Crippen LogP contribution in [-0.4, -0.2) is 12.3 Å². The molecule has 0 bridgehead atoms. The van der Waals surface area contributed by atoms with Gasteiger partial charge in [0, 0.05) is 6.92 Å². The lowest BCUT2D eigenvalue weighted by Gasteiger charge is -2.06. The second-order valence-electron chi connectivity index (χ2n) is 1.30. The summed E-state index contributed by atoms with van der Waals surface area (Å²) < 4.78 is 8.98. The third-order valence-corrected chi connectivity index (χ3v) is 0.931. The number of halogens is 1. The number of rotatable bonds is 3. The predicted octanol–water partition coefficient (Wildman–Crippen LogP) is 1.39. The number of esters is 1. The molecule has 4 heteroatoms. The Hall–Kier alpha value is -0.350. The standard InChI is InChI=1S/C5H7BrO3/c1-3-5(9-6)8-4(2)7/h3,5H,1H2,2H3. The Labute approximate surface area is 62.1 Å². The summed E-state index contributed by atoms with van der Waals surface area (Å²) >= 11 is 2.66. The van der Waals surface area contributed by atoms with Gasteiger partial charge in [-0.15, -0.1) is 0 Å². The average molecular weight is 195 g/mol. The highest BCUT2D eigenvalue weighted by molar-refractivity contribution is 9.06. The minimum absolute atomic E-state index is 0.403. The first-order chi connectivity index (χ1) is 4.20. The van der Waals surface area contributed by atoms with Crippen LogP contribution in [-0.2, 0) is 13.4 Å². The summed E-state index contributed by atoms with van der Waals surface area (Å²) in [5.41, 5.74) is 0. The molecule has 0 N–H and O–H groups in total. The summed E-state index contributed by atoms with van der Waals surface area (Å²) in [5, 5.41) is 0. The topological polar surface area (TPSA) is 35.5 Å². The van der Waals surface area contributed by atoms with E-state index in [2.05, 4.69) is 31.4 Å². The van der Waals surface area contributed by atoms with Crippen molar-refractivity contribution >= 4 is 22.2 Å². The average Bonchev–Trinajstić information content (AvgIpc) is 1.82. The minimum Gasteiger partial charge on any atom is -0.431 e. The quantitative estimate of drug-likeness (QED) is 0.387. The normalized spacial score (nSPS) is 12.2. The Balaban J connectivity index is 3.55. The molecule has 0 rings (SSSR count). The summed E-state index contributed by atoms with van der Waals surface area (Å²) in [6, 6.07) is 0. The third-order valence-electron chi connectivity index (χ3n) is 0.562. The molecule has 0 aliphatic rings. The Morgan fingerprint density at radius 2 is 2.44 bits per heavy atom.